The maximum Gasteiger partial charge on any atom is 0.249 e. The third-order valence-electron chi connectivity index (χ3n) is 3.85. The van der Waals surface area contributed by atoms with Crippen molar-refractivity contribution in [1.82, 2.24) is 24.5 Å². The van der Waals surface area contributed by atoms with Crippen molar-refractivity contribution in [3.05, 3.63) is 73.3 Å². The maximum atomic E-state index is 6.24. The zero-order valence-electron chi connectivity index (χ0n) is 13.3. The molecule has 7 nitrogen and oxygen atoms in total. The first-order chi connectivity index (χ1) is 12.3. The molecule has 0 saturated carbocycles. The number of imidazole rings is 1. The topological polar surface area (TPSA) is 85.8 Å². The van der Waals surface area contributed by atoms with Gasteiger partial charge in [-0.05, 0) is 23.8 Å². The third-order valence-corrected chi connectivity index (χ3v) is 3.85. The number of rotatable bonds is 4. The molecule has 2 heterocycles. The van der Waals surface area contributed by atoms with Gasteiger partial charge in [-0.2, -0.15) is 9.97 Å². The summed E-state index contributed by atoms with van der Waals surface area (Å²) in [5, 5.41) is 1.42. The van der Waals surface area contributed by atoms with Crippen LogP contribution < -0.4 is 10.9 Å². The monoisotopic (exact) mass is 329 g/mol. The molecule has 0 atom stereocenters. The SMILES string of the molecule is C=Cc1ccccc1N(N)c1ncnc(-n2cnc3ccccc32)n1. The Labute approximate surface area is 144 Å². The standard InChI is InChI=1S/C18H15N7/c1-2-13-7-3-5-9-15(13)25(19)18-21-11-20-17(23-18)24-12-22-14-8-4-6-10-16(14)24/h2-12H,1,19H2. The number of nitrogens with two attached hydrogens (primary N) is 1. The molecule has 0 radical (unpaired) electrons. The Morgan fingerprint density at radius 1 is 1.00 bits per heavy atom. The van der Waals surface area contributed by atoms with E-state index < -0.39 is 0 Å². The predicted octanol–water partition coefficient (Wildman–Crippen LogP) is 2.87. The van der Waals surface area contributed by atoms with E-state index in [2.05, 4.69) is 26.5 Å². The highest BCUT2D eigenvalue weighted by Crippen LogP contribution is 2.24. The van der Waals surface area contributed by atoms with Gasteiger partial charge in [0, 0.05) is 0 Å². The van der Waals surface area contributed by atoms with Crippen LogP contribution in [0.15, 0.2) is 67.8 Å². The average molecular weight is 329 g/mol. The Hall–Kier alpha value is -3.58. The van der Waals surface area contributed by atoms with Crippen LogP contribution >= 0.6 is 0 Å². The third kappa shape index (κ3) is 2.62. The molecule has 2 aromatic heterocycles. The van der Waals surface area contributed by atoms with Crippen LogP contribution in [0, 0.1) is 0 Å². The number of fused-ring (bicyclic) bond motifs is 1. The zero-order chi connectivity index (χ0) is 17.2. The minimum Gasteiger partial charge on any atom is -0.267 e. The van der Waals surface area contributed by atoms with Gasteiger partial charge >= 0.3 is 0 Å². The van der Waals surface area contributed by atoms with E-state index in [-0.39, 0.29) is 0 Å². The summed E-state index contributed by atoms with van der Waals surface area (Å²) in [5.41, 5.74) is 3.42. The fraction of sp³-hybridized carbons (Fsp3) is 0. The lowest BCUT2D eigenvalue weighted by Gasteiger charge is -2.18. The largest absolute Gasteiger partial charge is 0.267 e. The molecule has 0 aliphatic carbocycles. The second-order valence-electron chi connectivity index (χ2n) is 5.32. The lowest BCUT2D eigenvalue weighted by molar-refractivity contribution is 0.877. The molecule has 0 aliphatic heterocycles. The van der Waals surface area contributed by atoms with Gasteiger partial charge in [-0.25, -0.2) is 20.8 Å². The van der Waals surface area contributed by atoms with Gasteiger partial charge in [0.25, 0.3) is 0 Å². The molecule has 0 unspecified atom stereocenters. The number of anilines is 2. The summed E-state index contributed by atoms with van der Waals surface area (Å²) in [6, 6.07) is 15.4. The summed E-state index contributed by atoms with van der Waals surface area (Å²) >= 11 is 0. The second-order valence-corrected chi connectivity index (χ2v) is 5.32. The van der Waals surface area contributed by atoms with E-state index in [0.29, 0.717) is 11.9 Å². The number of para-hydroxylation sites is 3. The van der Waals surface area contributed by atoms with Gasteiger partial charge in [0.15, 0.2) is 0 Å². The highest BCUT2D eigenvalue weighted by Gasteiger charge is 2.13. The molecule has 25 heavy (non-hydrogen) atoms. The molecular formula is C18H15N7. The Kier molecular flexibility index (Phi) is 3.68. The first kappa shape index (κ1) is 15.0. The number of aromatic nitrogens is 5. The molecule has 0 bridgehead atoms. The summed E-state index contributed by atoms with van der Waals surface area (Å²) in [6.07, 6.45) is 4.85. The van der Waals surface area contributed by atoms with Crippen LogP contribution in [0.3, 0.4) is 0 Å². The van der Waals surface area contributed by atoms with Crippen LogP contribution in [0.25, 0.3) is 23.1 Å². The lowest BCUT2D eigenvalue weighted by atomic mass is 10.2. The van der Waals surface area contributed by atoms with Crippen LogP contribution in [0.4, 0.5) is 11.6 Å². The summed E-state index contributed by atoms with van der Waals surface area (Å²) < 4.78 is 1.80. The highest BCUT2D eigenvalue weighted by molar-refractivity contribution is 5.76. The number of benzene rings is 2. The molecule has 0 fully saturated rings. The molecule has 7 heteroatoms. The first-order valence-electron chi connectivity index (χ1n) is 7.66. The number of hydrogen-bond acceptors (Lipinski definition) is 6. The van der Waals surface area contributed by atoms with E-state index in [9.17, 15) is 0 Å². The molecule has 2 N–H and O–H groups in total. The molecule has 4 rings (SSSR count). The molecule has 0 saturated heterocycles. The minimum absolute atomic E-state index is 0.331. The number of hydrazine groups is 1. The van der Waals surface area contributed by atoms with Crippen molar-refractivity contribution in [1.29, 1.82) is 0 Å². The Bertz CT molecular complexity index is 1050. The molecule has 0 aliphatic rings. The van der Waals surface area contributed by atoms with Gasteiger partial charge < -0.3 is 0 Å². The van der Waals surface area contributed by atoms with Gasteiger partial charge in [-0.15, -0.1) is 0 Å². The fourth-order valence-electron chi connectivity index (χ4n) is 2.62. The van der Waals surface area contributed by atoms with Crippen molar-refractivity contribution < 1.29 is 0 Å². The maximum absolute atomic E-state index is 6.24. The van der Waals surface area contributed by atoms with Gasteiger partial charge in [0.2, 0.25) is 11.9 Å². The Balaban J connectivity index is 1.78. The molecule has 0 spiro atoms. The number of hydrogen-bond donors (Lipinski definition) is 1. The van der Waals surface area contributed by atoms with Gasteiger partial charge in [0.05, 0.1) is 16.7 Å². The van der Waals surface area contributed by atoms with Crippen molar-refractivity contribution in [2.75, 3.05) is 5.01 Å². The second kappa shape index (κ2) is 6.14. The molecule has 4 aromatic rings. The fourth-order valence-corrected chi connectivity index (χ4v) is 2.62. The normalized spacial score (nSPS) is 10.8. The van der Waals surface area contributed by atoms with Crippen molar-refractivity contribution in [3.63, 3.8) is 0 Å². The van der Waals surface area contributed by atoms with Crippen molar-refractivity contribution >= 4 is 28.7 Å². The molecule has 2 aromatic carbocycles. The van der Waals surface area contributed by atoms with E-state index in [1.165, 1.54) is 11.3 Å². The quantitative estimate of drug-likeness (QED) is 0.458. The minimum atomic E-state index is 0.331. The Morgan fingerprint density at radius 2 is 1.80 bits per heavy atom. The Morgan fingerprint density at radius 3 is 2.68 bits per heavy atom. The summed E-state index contributed by atoms with van der Waals surface area (Å²) in [6.45, 7) is 3.81. The van der Waals surface area contributed by atoms with Crippen LogP contribution in [0.5, 0.6) is 0 Å². The van der Waals surface area contributed by atoms with Crippen LogP contribution in [-0.2, 0) is 0 Å². The van der Waals surface area contributed by atoms with Crippen LogP contribution in [0.1, 0.15) is 5.56 Å². The zero-order valence-corrected chi connectivity index (χ0v) is 13.3. The van der Waals surface area contributed by atoms with Crippen molar-refractivity contribution in [2.45, 2.75) is 0 Å². The van der Waals surface area contributed by atoms with E-state index in [1.807, 2.05) is 48.5 Å². The predicted molar refractivity (Wildman–Crippen MR) is 97.3 cm³/mol. The molecule has 0 amide bonds. The lowest BCUT2D eigenvalue weighted by Crippen LogP contribution is -2.28. The van der Waals surface area contributed by atoms with Crippen molar-refractivity contribution in [2.24, 2.45) is 5.84 Å². The summed E-state index contributed by atoms with van der Waals surface area (Å²) in [5.74, 6) is 7.02. The van der Waals surface area contributed by atoms with Gasteiger partial charge in [0.1, 0.15) is 12.7 Å². The van der Waals surface area contributed by atoms with Crippen molar-refractivity contribution in [3.8, 4) is 5.95 Å². The van der Waals surface area contributed by atoms with E-state index in [4.69, 9.17) is 5.84 Å². The van der Waals surface area contributed by atoms with E-state index in [0.717, 1.165) is 22.3 Å². The average Bonchev–Trinajstić information content (AvgIpc) is 3.11. The van der Waals surface area contributed by atoms with E-state index in [1.54, 1.807) is 17.0 Å². The number of nitrogens with zero attached hydrogens (tertiary/aromatic N) is 6. The summed E-state index contributed by atoms with van der Waals surface area (Å²) in [4.78, 5) is 17.3. The molecular weight excluding hydrogens is 314 g/mol. The molecule has 122 valence electrons. The van der Waals surface area contributed by atoms with Crippen LogP contribution in [-0.4, -0.2) is 24.5 Å². The van der Waals surface area contributed by atoms with E-state index >= 15 is 0 Å². The van der Waals surface area contributed by atoms with Gasteiger partial charge in [-0.3, -0.25) is 4.57 Å². The summed E-state index contributed by atoms with van der Waals surface area (Å²) in [7, 11) is 0. The highest BCUT2D eigenvalue weighted by atomic mass is 15.5. The van der Waals surface area contributed by atoms with Crippen LogP contribution in [0.2, 0.25) is 0 Å². The van der Waals surface area contributed by atoms with Gasteiger partial charge in [-0.1, -0.05) is 43.0 Å². The first-order valence-corrected chi connectivity index (χ1v) is 7.66. The smallest absolute Gasteiger partial charge is 0.249 e.